The van der Waals surface area contributed by atoms with Crippen molar-refractivity contribution in [2.24, 2.45) is 4.99 Å². The van der Waals surface area contributed by atoms with E-state index in [0.717, 1.165) is 59.1 Å². The summed E-state index contributed by atoms with van der Waals surface area (Å²) in [6.45, 7) is 6.63. The molecule has 3 aromatic rings. The molecule has 2 heterocycles. The third kappa shape index (κ3) is 5.10. The van der Waals surface area contributed by atoms with E-state index in [2.05, 4.69) is 37.9 Å². The molecule has 0 aromatic heterocycles. The number of halogens is 1. The maximum atomic E-state index is 13.6. The molecule has 0 unspecified atom stereocenters. The molecule has 36 heavy (non-hydrogen) atoms. The normalized spacial score (nSPS) is 17.0. The Labute approximate surface area is 220 Å². The molecule has 0 bridgehead atoms. The molecular weight excluding hydrogens is 520 g/mol. The third-order valence-electron chi connectivity index (χ3n) is 6.49. The highest BCUT2D eigenvalue weighted by Crippen LogP contribution is 2.34. The first kappa shape index (κ1) is 24.3. The number of ether oxygens (including phenoxy) is 2. The number of piperazine rings is 1. The summed E-state index contributed by atoms with van der Waals surface area (Å²) in [6, 6.07) is 21.6. The maximum Gasteiger partial charge on any atom is 0.278 e. The largest absolute Gasteiger partial charge is 0.497 e. The molecule has 8 heteroatoms. The Kier molecular flexibility index (Phi) is 7.25. The first-order valence-electron chi connectivity index (χ1n) is 12.1. The smallest absolute Gasteiger partial charge is 0.278 e. The summed E-state index contributed by atoms with van der Waals surface area (Å²) in [7, 11) is 1.68. The second-order valence-electron chi connectivity index (χ2n) is 8.73. The van der Waals surface area contributed by atoms with Gasteiger partial charge in [0.05, 0.1) is 31.8 Å². The van der Waals surface area contributed by atoms with Crippen molar-refractivity contribution in [1.82, 2.24) is 4.90 Å². The summed E-state index contributed by atoms with van der Waals surface area (Å²) in [6.07, 6.45) is 0. The van der Waals surface area contributed by atoms with Gasteiger partial charge in [0.1, 0.15) is 17.2 Å². The lowest BCUT2D eigenvalue weighted by Crippen LogP contribution is -2.51. The van der Waals surface area contributed by atoms with E-state index in [-0.39, 0.29) is 5.91 Å². The van der Waals surface area contributed by atoms with Gasteiger partial charge in [-0.2, -0.15) is 0 Å². The van der Waals surface area contributed by atoms with Crippen LogP contribution in [0.1, 0.15) is 12.5 Å². The molecule has 0 radical (unpaired) electrons. The molecule has 3 aromatic carbocycles. The van der Waals surface area contributed by atoms with Crippen LogP contribution in [0.5, 0.6) is 11.5 Å². The predicted octanol–water partition coefficient (Wildman–Crippen LogP) is 5.10. The van der Waals surface area contributed by atoms with Crippen LogP contribution in [0.15, 0.2) is 76.2 Å². The van der Waals surface area contributed by atoms with Gasteiger partial charge in [0.15, 0.2) is 0 Å². The van der Waals surface area contributed by atoms with Crippen molar-refractivity contribution in [2.45, 2.75) is 6.92 Å². The highest BCUT2D eigenvalue weighted by atomic mass is 79.9. The fourth-order valence-electron chi connectivity index (χ4n) is 4.59. The average Bonchev–Trinajstić information content (AvgIpc) is 3.15. The minimum atomic E-state index is -0.0745. The Morgan fingerprint density at radius 2 is 1.61 bits per heavy atom. The average molecular weight is 549 g/mol. The molecule has 7 nitrogen and oxygen atoms in total. The van der Waals surface area contributed by atoms with Gasteiger partial charge < -0.3 is 14.4 Å². The van der Waals surface area contributed by atoms with E-state index in [1.807, 2.05) is 66.4 Å². The highest BCUT2D eigenvalue weighted by molar-refractivity contribution is 9.10. The monoisotopic (exact) mass is 548 g/mol. The molecule has 0 aliphatic carbocycles. The van der Waals surface area contributed by atoms with Crippen LogP contribution < -0.4 is 19.3 Å². The van der Waals surface area contributed by atoms with Gasteiger partial charge in [-0.25, -0.2) is 4.99 Å². The van der Waals surface area contributed by atoms with Gasteiger partial charge in [-0.15, -0.1) is 0 Å². The second kappa shape index (κ2) is 10.7. The molecule has 1 saturated heterocycles. The first-order chi connectivity index (χ1) is 17.6. The first-order valence-corrected chi connectivity index (χ1v) is 12.9. The van der Waals surface area contributed by atoms with E-state index < -0.39 is 0 Å². The van der Waals surface area contributed by atoms with Gasteiger partial charge in [-0.3, -0.25) is 14.6 Å². The van der Waals surface area contributed by atoms with Crippen molar-refractivity contribution in [3.63, 3.8) is 0 Å². The van der Waals surface area contributed by atoms with Gasteiger partial charge in [0.2, 0.25) is 0 Å². The number of carbonyl (C=O) groups excluding carboxylic acids is 1. The zero-order chi connectivity index (χ0) is 25.1. The zero-order valence-electron chi connectivity index (χ0n) is 20.5. The number of amides is 1. The number of hydrogen-bond donors (Lipinski definition) is 0. The SMILES string of the molecule is CCOc1ccc(N=C2C(=O)N(CN3CCN(c4ccc(OC)cc4)CC3)c3ccc(Br)cc32)cc1. The molecule has 2 aliphatic rings. The lowest BCUT2D eigenvalue weighted by Gasteiger charge is -2.37. The van der Waals surface area contributed by atoms with E-state index in [1.54, 1.807) is 7.11 Å². The minimum absolute atomic E-state index is 0.0745. The third-order valence-corrected chi connectivity index (χ3v) is 6.99. The zero-order valence-corrected chi connectivity index (χ0v) is 22.1. The highest BCUT2D eigenvalue weighted by Gasteiger charge is 2.35. The Morgan fingerprint density at radius 3 is 2.28 bits per heavy atom. The quantitative estimate of drug-likeness (QED) is 0.411. The summed E-state index contributed by atoms with van der Waals surface area (Å²) in [5.74, 6) is 1.57. The molecule has 5 rings (SSSR count). The number of anilines is 2. The molecule has 0 saturated carbocycles. The number of rotatable bonds is 7. The van der Waals surface area contributed by atoms with Crippen LogP contribution in [0.3, 0.4) is 0 Å². The van der Waals surface area contributed by atoms with Crippen molar-refractivity contribution in [2.75, 3.05) is 56.4 Å². The standard InChI is InChI=1S/C28H29BrN4O3/c1-3-36-24-9-5-21(6-10-24)30-27-25-18-20(29)4-13-26(25)33(28(27)34)19-31-14-16-32(17-15-31)22-7-11-23(35-2)12-8-22/h4-13,18H,3,14-17,19H2,1-2H3. The molecule has 2 aliphatic heterocycles. The van der Waals surface area contributed by atoms with E-state index >= 15 is 0 Å². The van der Waals surface area contributed by atoms with Crippen LogP contribution >= 0.6 is 15.9 Å². The van der Waals surface area contributed by atoms with Gasteiger partial charge in [0.25, 0.3) is 5.91 Å². The number of nitrogens with zero attached hydrogens (tertiary/aromatic N) is 4. The van der Waals surface area contributed by atoms with E-state index in [4.69, 9.17) is 14.5 Å². The van der Waals surface area contributed by atoms with E-state index in [9.17, 15) is 4.79 Å². The molecule has 1 fully saturated rings. The van der Waals surface area contributed by atoms with Crippen LogP contribution in [0.4, 0.5) is 17.1 Å². The summed E-state index contributed by atoms with van der Waals surface area (Å²) in [4.78, 5) is 24.9. The van der Waals surface area contributed by atoms with E-state index in [0.29, 0.717) is 19.0 Å². The Balaban J connectivity index is 1.31. The van der Waals surface area contributed by atoms with Crippen LogP contribution in [0.2, 0.25) is 0 Å². The van der Waals surface area contributed by atoms with Crippen LogP contribution in [-0.2, 0) is 4.79 Å². The van der Waals surface area contributed by atoms with Crippen LogP contribution in [0, 0.1) is 0 Å². The Bertz CT molecular complexity index is 1250. The van der Waals surface area contributed by atoms with Gasteiger partial charge >= 0.3 is 0 Å². The molecule has 0 atom stereocenters. The fraction of sp³-hybridized carbons (Fsp3) is 0.286. The van der Waals surface area contributed by atoms with Crippen molar-refractivity contribution < 1.29 is 14.3 Å². The summed E-state index contributed by atoms with van der Waals surface area (Å²) in [5.41, 5.74) is 4.12. The van der Waals surface area contributed by atoms with Gasteiger partial charge in [-0.1, -0.05) is 15.9 Å². The van der Waals surface area contributed by atoms with Crippen molar-refractivity contribution >= 4 is 44.6 Å². The lowest BCUT2D eigenvalue weighted by atomic mass is 10.1. The van der Waals surface area contributed by atoms with Crippen LogP contribution in [0.25, 0.3) is 0 Å². The topological polar surface area (TPSA) is 57.6 Å². The van der Waals surface area contributed by atoms with Crippen molar-refractivity contribution in [3.8, 4) is 11.5 Å². The van der Waals surface area contributed by atoms with Crippen molar-refractivity contribution in [3.05, 3.63) is 76.8 Å². The fourth-order valence-corrected chi connectivity index (χ4v) is 4.95. The number of hydrogen-bond acceptors (Lipinski definition) is 6. The molecular formula is C28H29BrN4O3. The second-order valence-corrected chi connectivity index (χ2v) is 9.64. The minimum Gasteiger partial charge on any atom is -0.497 e. The van der Waals surface area contributed by atoms with Gasteiger partial charge in [0, 0.05) is 41.9 Å². The lowest BCUT2D eigenvalue weighted by molar-refractivity contribution is -0.112. The summed E-state index contributed by atoms with van der Waals surface area (Å²) >= 11 is 3.56. The van der Waals surface area contributed by atoms with Crippen molar-refractivity contribution in [1.29, 1.82) is 0 Å². The number of fused-ring (bicyclic) bond motifs is 1. The number of methoxy groups -OCH3 is 1. The molecule has 0 spiro atoms. The molecule has 186 valence electrons. The Hall–Kier alpha value is -3.36. The van der Waals surface area contributed by atoms with Crippen LogP contribution in [-0.4, -0.2) is 63.1 Å². The number of carbonyl (C=O) groups is 1. The summed E-state index contributed by atoms with van der Waals surface area (Å²) in [5, 5.41) is 0. The predicted molar refractivity (Wildman–Crippen MR) is 147 cm³/mol. The summed E-state index contributed by atoms with van der Waals surface area (Å²) < 4.78 is 11.7. The molecule has 0 N–H and O–H groups in total. The van der Waals surface area contributed by atoms with Gasteiger partial charge in [-0.05, 0) is 73.7 Å². The van der Waals surface area contributed by atoms with E-state index in [1.165, 1.54) is 5.69 Å². The molecule has 1 amide bonds. The maximum absolute atomic E-state index is 13.6. The Morgan fingerprint density at radius 1 is 0.917 bits per heavy atom. The number of benzene rings is 3. The number of aliphatic imine (C=N–C) groups is 1.